The lowest BCUT2D eigenvalue weighted by molar-refractivity contribution is -0.115. The summed E-state index contributed by atoms with van der Waals surface area (Å²) in [6.45, 7) is -0.0683. The maximum absolute atomic E-state index is 12.3. The maximum Gasteiger partial charge on any atom is 0.251 e. The zero-order valence-electron chi connectivity index (χ0n) is 16.1. The molecule has 0 radical (unpaired) electrons. The Hall–Kier alpha value is -1.73. The molecule has 152 valence electrons. The fraction of sp³-hybridized carbons (Fsp3) is 0.500. The monoisotopic (exact) mass is 473 g/mol. The van der Waals surface area contributed by atoms with Crippen molar-refractivity contribution in [1.29, 1.82) is 0 Å². The number of nitrogens with one attached hydrogen (secondary N) is 2. The summed E-state index contributed by atoms with van der Waals surface area (Å²) in [5, 5.41) is 8.30. The highest BCUT2D eigenvalue weighted by Crippen LogP contribution is 2.60. The highest BCUT2D eigenvalue weighted by molar-refractivity contribution is 9.10. The van der Waals surface area contributed by atoms with Crippen LogP contribution in [0.25, 0.3) is 0 Å². The number of benzene rings is 1. The molecular weight excluding hydrogens is 450 g/mol. The first-order valence-electron chi connectivity index (χ1n) is 10.3. The summed E-state index contributed by atoms with van der Waals surface area (Å²) in [4.78, 5) is 29.3. The van der Waals surface area contributed by atoms with E-state index in [4.69, 9.17) is 4.98 Å². The lowest BCUT2D eigenvalue weighted by atomic mass is 9.49. The Balaban J connectivity index is 1.19. The van der Waals surface area contributed by atoms with Crippen LogP contribution in [0.15, 0.2) is 34.1 Å². The van der Waals surface area contributed by atoms with E-state index in [1.54, 1.807) is 24.3 Å². The van der Waals surface area contributed by atoms with Crippen molar-refractivity contribution >= 4 is 44.2 Å². The quantitative estimate of drug-likeness (QED) is 0.658. The number of carbonyl (C=O) groups excluding carboxylic acids is 2. The van der Waals surface area contributed by atoms with Crippen LogP contribution in [0, 0.1) is 17.8 Å². The summed E-state index contributed by atoms with van der Waals surface area (Å²) in [5.41, 5.74) is 1.94. The van der Waals surface area contributed by atoms with Crippen LogP contribution < -0.4 is 10.6 Å². The van der Waals surface area contributed by atoms with Crippen LogP contribution in [-0.4, -0.2) is 23.3 Å². The minimum Gasteiger partial charge on any atom is -0.343 e. The first-order valence-corrected chi connectivity index (χ1v) is 12.0. The number of amides is 2. The van der Waals surface area contributed by atoms with Crippen molar-refractivity contribution in [2.24, 2.45) is 17.8 Å². The molecule has 6 rings (SSSR count). The number of rotatable bonds is 5. The van der Waals surface area contributed by atoms with Crippen molar-refractivity contribution in [3.05, 3.63) is 45.4 Å². The van der Waals surface area contributed by atoms with E-state index in [0.717, 1.165) is 22.2 Å². The topological polar surface area (TPSA) is 71.1 Å². The summed E-state index contributed by atoms with van der Waals surface area (Å²) >= 11 is 4.84. The predicted molar refractivity (Wildman–Crippen MR) is 117 cm³/mol. The van der Waals surface area contributed by atoms with Crippen LogP contribution in [0.2, 0.25) is 0 Å². The van der Waals surface area contributed by atoms with Gasteiger partial charge in [0.15, 0.2) is 5.13 Å². The van der Waals surface area contributed by atoms with Crippen molar-refractivity contribution in [2.45, 2.75) is 43.9 Å². The average molecular weight is 474 g/mol. The van der Waals surface area contributed by atoms with E-state index in [2.05, 4.69) is 31.9 Å². The normalized spacial score (nSPS) is 29.6. The Morgan fingerprint density at radius 3 is 2.31 bits per heavy atom. The molecule has 4 fully saturated rings. The number of thiazole rings is 1. The molecule has 2 amide bonds. The highest BCUT2D eigenvalue weighted by Gasteiger charge is 2.52. The van der Waals surface area contributed by atoms with Gasteiger partial charge in [-0.2, -0.15) is 0 Å². The number of anilines is 1. The second kappa shape index (κ2) is 7.51. The molecule has 4 aliphatic carbocycles. The third kappa shape index (κ3) is 3.87. The molecule has 5 nitrogen and oxygen atoms in total. The van der Waals surface area contributed by atoms with E-state index in [9.17, 15) is 9.59 Å². The molecule has 4 aliphatic rings. The van der Waals surface area contributed by atoms with Crippen LogP contribution in [0.3, 0.4) is 0 Å². The smallest absolute Gasteiger partial charge is 0.251 e. The number of aromatic nitrogens is 1. The number of hydrogen-bond acceptors (Lipinski definition) is 4. The third-order valence-corrected chi connectivity index (χ3v) is 8.13. The van der Waals surface area contributed by atoms with Gasteiger partial charge in [-0.05, 0) is 80.5 Å². The molecule has 2 N–H and O–H groups in total. The third-order valence-electron chi connectivity index (χ3n) is 6.85. The van der Waals surface area contributed by atoms with Gasteiger partial charge in [0.1, 0.15) is 0 Å². The Labute approximate surface area is 182 Å². The standard InChI is InChI=1S/C22H24BrN3O2S/c23-17-3-1-16(2-4-17)20(28)24-11-19(27)26-21-25-18(12-29-21)22-8-13-5-14(9-22)7-15(6-13)10-22/h1-4,12-15H,5-11H2,(H,24,28)(H,25,26,27). The van der Waals surface area contributed by atoms with Gasteiger partial charge in [-0.15, -0.1) is 11.3 Å². The van der Waals surface area contributed by atoms with Gasteiger partial charge in [-0.3, -0.25) is 9.59 Å². The van der Waals surface area contributed by atoms with E-state index in [1.165, 1.54) is 55.6 Å². The average Bonchev–Trinajstić information content (AvgIpc) is 3.15. The summed E-state index contributed by atoms with van der Waals surface area (Å²) in [7, 11) is 0. The van der Waals surface area contributed by atoms with Gasteiger partial charge in [0.2, 0.25) is 5.91 Å². The van der Waals surface area contributed by atoms with Gasteiger partial charge in [0.05, 0.1) is 12.2 Å². The molecule has 1 heterocycles. The lowest BCUT2D eigenvalue weighted by Crippen LogP contribution is -2.48. The molecule has 4 bridgehead atoms. The van der Waals surface area contributed by atoms with Gasteiger partial charge in [-0.25, -0.2) is 4.98 Å². The van der Waals surface area contributed by atoms with Crippen LogP contribution in [0.5, 0.6) is 0 Å². The SMILES string of the molecule is O=C(CNC(=O)c1ccc(Br)cc1)Nc1nc(C23CC4CC(CC(C4)C2)C3)cs1. The molecule has 7 heteroatoms. The second-order valence-corrected chi connectivity index (χ2v) is 10.7. The fourth-order valence-corrected chi connectivity index (χ4v) is 7.14. The van der Waals surface area contributed by atoms with Gasteiger partial charge in [0, 0.05) is 20.8 Å². The van der Waals surface area contributed by atoms with Crippen molar-refractivity contribution < 1.29 is 9.59 Å². The van der Waals surface area contributed by atoms with Crippen LogP contribution in [-0.2, 0) is 10.2 Å². The van der Waals surface area contributed by atoms with Crippen LogP contribution >= 0.6 is 27.3 Å². The summed E-state index contributed by atoms with van der Waals surface area (Å²) in [6.07, 6.45) is 8.01. The largest absolute Gasteiger partial charge is 0.343 e. The minimum absolute atomic E-state index is 0.0683. The first-order chi connectivity index (χ1) is 14.0. The van der Waals surface area contributed by atoms with E-state index in [0.29, 0.717) is 10.7 Å². The van der Waals surface area contributed by atoms with Crippen molar-refractivity contribution in [1.82, 2.24) is 10.3 Å². The minimum atomic E-state index is -0.263. The van der Waals surface area contributed by atoms with Gasteiger partial charge in [0.25, 0.3) is 5.91 Å². The molecule has 29 heavy (non-hydrogen) atoms. The number of nitrogens with zero attached hydrogens (tertiary/aromatic N) is 1. The van der Waals surface area contributed by atoms with Crippen molar-refractivity contribution in [3.63, 3.8) is 0 Å². The molecule has 0 saturated heterocycles. The predicted octanol–water partition coefficient (Wildman–Crippen LogP) is 4.74. The molecule has 0 atom stereocenters. The van der Waals surface area contributed by atoms with Crippen molar-refractivity contribution in [3.8, 4) is 0 Å². The molecule has 0 unspecified atom stereocenters. The van der Waals surface area contributed by atoms with Crippen LogP contribution in [0.4, 0.5) is 5.13 Å². The summed E-state index contributed by atoms with van der Waals surface area (Å²) in [6, 6.07) is 7.04. The molecular formula is C22H24BrN3O2S. The second-order valence-electron chi connectivity index (χ2n) is 8.97. The van der Waals surface area contributed by atoms with E-state index >= 15 is 0 Å². The molecule has 0 spiro atoms. The Morgan fingerprint density at radius 1 is 1.07 bits per heavy atom. The highest BCUT2D eigenvalue weighted by atomic mass is 79.9. The van der Waals surface area contributed by atoms with E-state index < -0.39 is 0 Å². The number of hydrogen-bond donors (Lipinski definition) is 2. The van der Waals surface area contributed by atoms with Crippen molar-refractivity contribution in [2.75, 3.05) is 11.9 Å². The first kappa shape index (κ1) is 19.2. The lowest BCUT2D eigenvalue weighted by Gasteiger charge is -2.56. The molecule has 0 aliphatic heterocycles. The molecule has 2 aromatic rings. The molecule has 1 aromatic heterocycles. The molecule has 4 saturated carbocycles. The van der Waals surface area contributed by atoms with Gasteiger partial charge in [-0.1, -0.05) is 15.9 Å². The number of carbonyl (C=O) groups is 2. The van der Waals surface area contributed by atoms with E-state index in [1.807, 2.05) is 0 Å². The summed E-state index contributed by atoms with van der Waals surface area (Å²) < 4.78 is 0.908. The Bertz CT molecular complexity index is 905. The fourth-order valence-electron chi connectivity index (χ4n) is 6.03. The van der Waals surface area contributed by atoms with Crippen LogP contribution in [0.1, 0.15) is 54.6 Å². The Kier molecular flexibility index (Phi) is 4.98. The molecule has 1 aromatic carbocycles. The number of halogens is 1. The summed E-state index contributed by atoms with van der Waals surface area (Å²) in [5.74, 6) is 2.10. The zero-order chi connectivity index (χ0) is 20.0. The van der Waals surface area contributed by atoms with Gasteiger partial charge < -0.3 is 10.6 Å². The van der Waals surface area contributed by atoms with E-state index in [-0.39, 0.29) is 23.8 Å². The Morgan fingerprint density at radius 2 is 1.69 bits per heavy atom. The maximum atomic E-state index is 12.3. The zero-order valence-corrected chi connectivity index (χ0v) is 18.5. The van der Waals surface area contributed by atoms with Gasteiger partial charge >= 0.3 is 0 Å².